The maximum absolute atomic E-state index is 4.51. The fourth-order valence-corrected chi connectivity index (χ4v) is 3.48. The van der Waals surface area contributed by atoms with Crippen LogP contribution in [0.3, 0.4) is 0 Å². The van der Waals surface area contributed by atoms with Crippen molar-refractivity contribution in [2.45, 2.75) is 45.6 Å². The van der Waals surface area contributed by atoms with Crippen molar-refractivity contribution in [3.05, 3.63) is 29.0 Å². The van der Waals surface area contributed by atoms with Crippen LogP contribution in [0.1, 0.15) is 39.5 Å². The topological polar surface area (TPSA) is 37.8 Å². The molecule has 1 fully saturated rings. The van der Waals surface area contributed by atoms with Crippen LogP contribution in [0, 0.1) is 5.41 Å². The van der Waals surface area contributed by atoms with Gasteiger partial charge in [-0.3, -0.25) is 9.97 Å². The van der Waals surface area contributed by atoms with Gasteiger partial charge in [0, 0.05) is 22.9 Å². The monoisotopic (exact) mass is 333 g/mol. The Labute approximate surface area is 128 Å². The number of hydrogen-bond acceptors (Lipinski definition) is 3. The molecule has 1 unspecified atom stereocenters. The Bertz CT molecular complexity index is 624. The van der Waals surface area contributed by atoms with Gasteiger partial charge in [-0.2, -0.15) is 0 Å². The first kappa shape index (κ1) is 13.8. The third kappa shape index (κ3) is 2.95. The van der Waals surface area contributed by atoms with Crippen LogP contribution in [0.4, 0.5) is 5.69 Å². The number of fused-ring (bicyclic) bond motifs is 1. The molecule has 0 bridgehead atoms. The molecule has 20 heavy (non-hydrogen) atoms. The molecule has 0 aromatic carbocycles. The molecule has 1 saturated carbocycles. The molecule has 3 rings (SSSR count). The van der Waals surface area contributed by atoms with E-state index in [4.69, 9.17) is 0 Å². The Balaban J connectivity index is 1.87. The van der Waals surface area contributed by atoms with Crippen LogP contribution < -0.4 is 5.32 Å². The number of pyridine rings is 2. The first-order chi connectivity index (χ1) is 9.53. The van der Waals surface area contributed by atoms with Crippen molar-refractivity contribution in [2.75, 3.05) is 5.32 Å². The summed E-state index contributed by atoms with van der Waals surface area (Å²) in [5.41, 5.74) is 3.43. The van der Waals surface area contributed by atoms with Crippen molar-refractivity contribution in [3.63, 3.8) is 0 Å². The summed E-state index contributed by atoms with van der Waals surface area (Å²) < 4.78 is 0.966. The van der Waals surface area contributed by atoms with Gasteiger partial charge in [0.2, 0.25) is 0 Å². The molecular formula is C16H20BrN3. The van der Waals surface area contributed by atoms with Crippen LogP contribution in [0.25, 0.3) is 11.0 Å². The SMILES string of the molecule is CC1(C)CCCC(Nc2ccnc3cc(Br)cnc23)C1. The second kappa shape index (κ2) is 5.32. The summed E-state index contributed by atoms with van der Waals surface area (Å²) in [5.74, 6) is 0. The van der Waals surface area contributed by atoms with Gasteiger partial charge >= 0.3 is 0 Å². The van der Waals surface area contributed by atoms with Gasteiger partial charge < -0.3 is 5.32 Å². The lowest BCUT2D eigenvalue weighted by Gasteiger charge is -2.36. The molecule has 2 aromatic rings. The first-order valence-corrected chi connectivity index (χ1v) is 8.00. The minimum absolute atomic E-state index is 0.440. The molecule has 0 saturated heterocycles. The van der Waals surface area contributed by atoms with Crippen molar-refractivity contribution in [1.82, 2.24) is 9.97 Å². The zero-order valence-electron chi connectivity index (χ0n) is 12.0. The van der Waals surface area contributed by atoms with Crippen molar-refractivity contribution in [1.29, 1.82) is 0 Å². The van der Waals surface area contributed by atoms with E-state index in [1.54, 1.807) is 0 Å². The molecule has 0 radical (unpaired) electrons. The van der Waals surface area contributed by atoms with Crippen LogP contribution in [-0.2, 0) is 0 Å². The van der Waals surface area contributed by atoms with E-state index in [0.717, 1.165) is 21.2 Å². The predicted molar refractivity (Wildman–Crippen MR) is 86.9 cm³/mol. The Morgan fingerprint density at radius 3 is 3.00 bits per heavy atom. The minimum atomic E-state index is 0.440. The number of hydrogen-bond donors (Lipinski definition) is 1. The van der Waals surface area contributed by atoms with Crippen molar-refractivity contribution < 1.29 is 0 Å². The van der Waals surface area contributed by atoms with E-state index in [9.17, 15) is 0 Å². The van der Waals surface area contributed by atoms with Crippen LogP contribution in [-0.4, -0.2) is 16.0 Å². The lowest BCUT2D eigenvalue weighted by molar-refractivity contribution is 0.229. The van der Waals surface area contributed by atoms with Crippen LogP contribution >= 0.6 is 15.9 Å². The Morgan fingerprint density at radius 1 is 1.35 bits per heavy atom. The van der Waals surface area contributed by atoms with Crippen molar-refractivity contribution >= 4 is 32.7 Å². The Hall–Kier alpha value is -1.16. The van der Waals surface area contributed by atoms with Crippen molar-refractivity contribution in [3.8, 4) is 0 Å². The van der Waals surface area contributed by atoms with E-state index in [-0.39, 0.29) is 0 Å². The Kier molecular flexibility index (Phi) is 3.67. The average Bonchev–Trinajstić information content (AvgIpc) is 2.37. The number of nitrogens with one attached hydrogen (secondary N) is 1. The van der Waals surface area contributed by atoms with E-state index >= 15 is 0 Å². The minimum Gasteiger partial charge on any atom is -0.380 e. The molecule has 0 spiro atoms. The van der Waals surface area contributed by atoms with Gasteiger partial charge in [0.05, 0.1) is 11.2 Å². The van der Waals surface area contributed by atoms with Gasteiger partial charge in [-0.25, -0.2) is 0 Å². The van der Waals surface area contributed by atoms with Gasteiger partial charge in [-0.1, -0.05) is 20.3 Å². The summed E-state index contributed by atoms with van der Waals surface area (Å²) in [5, 5.41) is 3.68. The fraction of sp³-hybridized carbons (Fsp3) is 0.500. The lowest BCUT2D eigenvalue weighted by atomic mass is 9.75. The summed E-state index contributed by atoms with van der Waals surface area (Å²) in [6.45, 7) is 4.72. The molecule has 1 aliphatic carbocycles. The highest BCUT2D eigenvalue weighted by Crippen LogP contribution is 2.36. The highest BCUT2D eigenvalue weighted by Gasteiger charge is 2.28. The molecule has 1 aliphatic rings. The predicted octanol–water partition coefficient (Wildman–Crippen LogP) is 4.77. The number of rotatable bonds is 2. The van der Waals surface area contributed by atoms with Gasteiger partial charge in [0.1, 0.15) is 5.52 Å². The number of nitrogens with zero attached hydrogens (tertiary/aromatic N) is 2. The molecule has 3 nitrogen and oxygen atoms in total. The lowest BCUT2D eigenvalue weighted by Crippen LogP contribution is -2.31. The smallest absolute Gasteiger partial charge is 0.112 e. The summed E-state index contributed by atoms with van der Waals surface area (Å²) >= 11 is 3.45. The number of halogens is 1. The van der Waals surface area contributed by atoms with E-state index in [2.05, 4.69) is 45.1 Å². The third-order valence-electron chi connectivity index (χ3n) is 4.11. The van der Waals surface area contributed by atoms with Gasteiger partial charge in [-0.05, 0) is 52.7 Å². The van der Waals surface area contributed by atoms with Crippen LogP contribution in [0.15, 0.2) is 29.0 Å². The third-order valence-corrected chi connectivity index (χ3v) is 4.54. The maximum atomic E-state index is 4.51. The van der Waals surface area contributed by atoms with Crippen molar-refractivity contribution in [2.24, 2.45) is 5.41 Å². The highest BCUT2D eigenvalue weighted by molar-refractivity contribution is 9.10. The molecule has 2 heterocycles. The summed E-state index contributed by atoms with van der Waals surface area (Å²) in [7, 11) is 0. The maximum Gasteiger partial charge on any atom is 0.112 e. The molecular weight excluding hydrogens is 314 g/mol. The Morgan fingerprint density at radius 2 is 2.20 bits per heavy atom. The highest BCUT2D eigenvalue weighted by atomic mass is 79.9. The zero-order valence-corrected chi connectivity index (χ0v) is 13.6. The second-order valence-electron chi connectivity index (χ2n) is 6.48. The zero-order chi connectivity index (χ0) is 14.2. The summed E-state index contributed by atoms with van der Waals surface area (Å²) in [6.07, 6.45) is 8.77. The first-order valence-electron chi connectivity index (χ1n) is 7.20. The van der Waals surface area contributed by atoms with Gasteiger partial charge in [-0.15, -0.1) is 0 Å². The summed E-state index contributed by atoms with van der Waals surface area (Å²) in [6, 6.07) is 4.58. The fourth-order valence-electron chi connectivity index (χ4n) is 3.16. The second-order valence-corrected chi connectivity index (χ2v) is 7.40. The van der Waals surface area contributed by atoms with E-state index in [1.807, 2.05) is 24.5 Å². The van der Waals surface area contributed by atoms with Gasteiger partial charge in [0.15, 0.2) is 0 Å². The van der Waals surface area contributed by atoms with Crippen LogP contribution in [0.5, 0.6) is 0 Å². The van der Waals surface area contributed by atoms with Crippen LogP contribution in [0.2, 0.25) is 0 Å². The molecule has 0 amide bonds. The normalized spacial score (nSPS) is 21.9. The van der Waals surface area contributed by atoms with E-state index in [0.29, 0.717) is 11.5 Å². The molecule has 0 aliphatic heterocycles. The standard InChI is InChI=1S/C16H20BrN3/c1-16(2)6-3-4-12(9-16)20-13-5-7-18-14-8-11(17)10-19-15(13)14/h5,7-8,10,12H,3-4,6,9H2,1-2H3,(H,18,20). The van der Waals surface area contributed by atoms with Gasteiger partial charge in [0.25, 0.3) is 0 Å². The van der Waals surface area contributed by atoms with E-state index < -0.39 is 0 Å². The molecule has 1 N–H and O–H groups in total. The molecule has 4 heteroatoms. The molecule has 106 valence electrons. The quantitative estimate of drug-likeness (QED) is 0.859. The largest absolute Gasteiger partial charge is 0.380 e. The average molecular weight is 334 g/mol. The van der Waals surface area contributed by atoms with E-state index in [1.165, 1.54) is 25.7 Å². The molecule has 2 aromatic heterocycles. The molecule has 1 atom stereocenters. The number of anilines is 1. The summed E-state index contributed by atoms with van der Waals surface area (Å²) in [4.78, 5) is 8.90. The number of aromatic nitrogens is 2.